The molecule has 1 amide bonds. The minimum absolute atomic E-state index is 0.0792. The molecule has 2 rings (SSSR count). The summed E-state index contributed by atoms with van der Waals surface area (Å²) in [5, 5.41) is 3.27. The summed E-state index contributed by atoms with van der Waals surface area (Å²) in [5.74, 6) is 0.404. The molecule has 0 aliphatic carbocycles. The molecule has 2 aromatic rings. The molecule has 0 unspecified atom stereocenters. The molecule has 0 atom stereocenters. The van der Waals surface area contributed by atoms with Gasteiger partial charge in [0.15, 0.2) is 5.13 Å². The van der Waals surface area contributed by atoms with Crippen LogP contribution in [-0.2, 0) is 14.8 Å². The molecule has 150 valence electrons. The number of fused-ring (bicyclic) bond motifs is 1. The lowest BCUT2D eigenvalue weighted by Crippen LogP contribution is -2.37. The summed E-state index contributed by atoms with van der Waals surface area (Å²) in [6.45, 7) is 11.0. The Morgan fingerprint density at radius 3 is 2.37 bits per heavy atom. The van der Waals surface area contributed by atoms with Crippen molar-refractivity contribution in [3.8, 4) is 0 Å². The van der Waals surface area contributed by atoms with Crippen LogP contribution in [0.15, 0.2) is 23.1 Å². The predicted molar refractivity (Wildman–Crippen MR) is 112 cm³/mol. The van der Waals surface area contributed by atoms with Gasteiger partial charge in [0.05, 0.1) is 15.1 Å². The van der Waals surface area contributed by atoms with Crippen LogP contribution in [0.25, 0.3) is 10.2 Å². The van der Waals surface area contributed by atoms with E-state index in [0.29, 0.717) is 30.2 Å². The number of aromatic nitrogens is 1. The lowest BCUT2D eigenvalue weighted by molar-refractivity contribution is -0.116. The van der Waals surface area contributed by atoms with Crippen LogP contribution in [0.4, 0.5) is 5.13 Å². The number of thiazole rings is 1. The van der Waals surface area contributed by atoms with E-state index >= 15 is 0 Å². The van der Waals surface area contributed by atoms with Crippen molar-refractivity contribution in [1.82, 2.24) is 9.29 Å². The lowest BCUT2D eigenvalue weighted by Gasteiger charge is -2.25. The van der Waals surface area contributed by atoms with Gasteiger partial charge in [0.25, 0.3) is 0 Å². The Hall–Kier alpha value is -1.51. The van der Waals surface area contributed by atoms with Crippen molar-refractivity contribution in [2.24, 2.45) is 11.8 Å². The van der Waals surface area contributed by atoms with Gasteiger partial charge in [-0.05, 0) is 36.5 Å². The van der Waals surface area contributed by atoms with Crippen LogP contribution in [0, 0.1) is 11.8 Å². The molecular weight excluding hydrogens is 382 g/mol. The second kappa shape index (κ2) is 9.12. The van der Waals surface area contributed by atoms with Crippen LogP contribution < -0.4 is 5.32 Å². The smallest absolute Gasteiger partial charge is 0.243 e. The van der Waals surface area contributed by atoms with Gasteiger partial charge in [0.2, 0.25) is 15.9 Å². The highest BCUT2D eigenvalue weighted by molar-refractivity contribution is 7.89. The quantitative estimate of drug-likeness (QED) is 0.666. The summed E-state index contributed by atoms with van der Waals surface area (Å²) in [6.07, 6.45) is 1.20. The zero-order valence-electron chi connectivity index (χ0n) is 16.7. The monoisotopic (exact) mass is 411 g/mol. The van der Waals surface area contributed by atoms with E-state index in [0.717, 1.165) is 11.1 Å². The first kappa shape index (κ1) is 21.8. The lowest BCUT2D eigenvalue weighted by atomic mass is 10.2. The number of hydrogen-bond acceptors (Lipinski definition) is 5. The van der Waals surface area contributed by atoms with E-state index in [1.807, 2.05) is 34.6 Å². The minimum Gasteiger partial charge on any atom is -0.302 e. The number of carbonyl (C=O) groups is 1. The van der Waals surface area contributed by atoms with Gasteiger partial charge in [-0.25, -0.2) is 13.4 Å². The first-order valence-electron chi connectivity index (χ1n) is 9.34. The molecule has 0 radical (unpaired) electrons. The number of hydrogen-bond donors (Lipinski definition) is 1. The standard InChI is InChI=1S/C19H29N3O3S2/c1-6-7-18(23)21-19-20-16-9-8-15(10-17(16)26-19)27(24,25)22(11-13(2)3)12-14(4)5/h8-10,13-14H,6-7,11-12H2,1-5H3,(H,20,21,23). The molecule has 0 fully saturated rings. The van der Waals surface area contributed by atoms with Crippen molar-refractivity contribution in [2.75, 3.05) is 18.4 Å². The Labute approximate surface area is 166 Å². The first-order valence-corrected chi connectivity index (χ1v) is 11.6. The number of nitrogens with one attached hydrogen (secondary N) is 1. The van der Waals surface area contributed by atoms with Crippen molar-refractivity contribution in [1.29, 1.82) is 0 Å². The fourth-order valence-electron chi connectivity index (χ4n) is 2.76. The van der Waals surface area contributed by atoms with Gasteiger partial charge >= 0.3 is 0 Å². The topological polar surface area (TPSA) is 79.4 Å². The molecule has 0 saturated carbocycles. The zero-order chi connectivity index (χ0) is 20.2. The Kier molecular flexibility index (Phi) is 7.36. The van der Waals surface area contributed by atoms with E-state index in [1.54, 1.807) is 22.5 Å². The summed E-state index contributed by atoms with van der Waals surface area (Å²) in [4.78, 5) is 16.4. The van der Waals surface area contributed by atoms with Gasteiger partial charge in [-0.15, -0.1) is 0 Å². The Morgan fingerprint density at radius 1 is 1.19 bits per heavy atom. The van der Waals surface area contributed by atoms with E-state index in [1.165, 1.54) is 11.3 Å². The normalized spacial score (nSPS) is 12.4. The number of amides is 1. The molecule has 27 heavy (non-hydrogen) atoms. The average molecular weight is 412 g/mol. The summed E-state index contributed by atoms with van der Waals surface area (Å²) < 4.78 is 28.6. The maximum absolute atomic E-state index is 13.2. The predicted octanol–water partition coefficient (Wildman–Crippen LogP) is 4.34. The molecule has 1 N–H and O–H groups in total. The molecule has 1 aromatic carbocycles. The SMILES string of the molecule is CCCC(=O)Nc1nc2ccc(S(=O)(=O)N(CC(C)C)CC(C)C)cc2s1. The van der Waals surface area contributed by atoms with E-state index in [-0.39, 0.29) is 22.6 Å². The van der Waals surface area contributed by atoms with Crippen molar-refractivity contribution in [2.45, 2.75) is 52.4 Å². The van der Waals surface area contributed by atoms with E-state index in [2.05, 4.69) is 10.3 Å². The van der Waals surface area contributed by atoms with E-state index in [4.69, 9.17) is 0 Å². The van der Waals surface area contributed by atoms with Crippen LogP contribution in [-0.4, -0.2) is 36.7 Å². The van der Waals surface area contributed by atoms with Gasteiger partial charge in [0.1, 0.15) is 0 Å². The Bertz CT molecular complexity index is 879. The van der Waals surface area contributed by atoms with Crippen LogP contribution in [0.5, 0.6) is 0 Å². The van der Waals surface area contributed by atoms with Gasteiger partial charge in [-0.1, -0.05) is 46.0 Å². The largest absolute Gasteiger partial charge is 0.302 e. The third-order valence-electron chi connectivity index (χ3n) is 3.86. The molecule has 0 aliphatic rings. The van der Waals surface area contributed by atoms with Crippen molar-refractivity contribution < 1.29 is 13.2 Å². The second-order valence-corrected chi connectivity index (χ2v) is 10.5. The highest BCUT2D eigenvalue weighted by atomic mass is 32.2. The molecule has 1 aromatic heterocycles. The number of sulfonamides is 1. The molecule has 6 nitrogen and oxygen atoms in total. The van der Waals surface area contributed by atoms with Crippen LogP contribution in [0.2, 0.25) is 0 Å². The summed E-state index contributed by atoms with van der Waals surface area (Å²) in [5.41, 5.74) is 0.685. The molecule has 8 heteroatoms. The molecule has 0 bridgehead atoms. The fraction of sp³-hybridized carbons (Fsp3) is 0.579. The zero-order valence-corrected chi connectivity index (χ0v) is 18.3. The second-order valence-electron chi connectivity index (χ2n) is 7.56. The maximum atomic E-state index is 13.2. The molecule has 0 aliphatic heterocycles. The van der Waals surface area contributed by atoms with Crippen molar-refractivity contribution in [3.63, 3.8) is 0 Å². The van der Waals surface area contributed by atoms with Crippen LogP contribution in [0.1, 0.15) is 47.5 Å². The molecule has 0 saturated heterocycles. The first-order chi connectivity index (χ1) is 12.6. The number of carbonyl (C=O) groups excluding carboxylic acids is 1. The summed E-state index contributed by atoms with van der Waals surface area (Å²) in [7, 11) is -3.58. The van der Waals surface area contributed by atoms with E-state index < -0.39 is 10.0 Å². The molecular formula is C19H29N3O3S2. The maximum Gasteiger partial charge on any atom is 0.243 e. The van der Waals surface area contributed by atoms with Crippen LogP contribution in [0.3, 0.4) is 0 Å². The number of nitrogens with zero attached hydrogens (tertiary/aromatic N) is 2. The Morgan fingerprint density at radius 2 is 1.81 bits per heavy atom. The van der Waals surface area contributed by atoms with E-state index in [9.17, 15) is 13.2 Å². The van der Waals surface area contributed by atoms with Gasteiger partial charge in [-0.3, -0.25) is 4.79 Å². The average Bonchev–Trinajstić information content (AvgIpc) is 2.94. The third-order valence-corrected chi connectivity index (χ3v) is 6.62. The fourth-order valence-corrected chi connectivity index (χ4v) is 5.55. The van der Waals surface area contributed by atoms with Gasteiger partial charge in [-0.2, -0.15) is 4.31 Å². The van der Waals surface area contributed by atoms with Gasteiger partial charge in [0, 0.05) is 19.5 Å². The molecule has 0 spiro atoms. The number of rotatable bonds is 9. The highest BCUT2D eigenvalue weighted by Gasteiger charge is 2.26. The van der Waals surface area contributed by atoms with Crippen LogP contribution >= 0.6 is 11.3 Å². The summed E-state index contributed by atoms with van der Waals surface area (Å²) >= 11 is 1.30. The van der Waals surface area contributed by atoms with Crippen molar-refractivity contribution in [3.05, 3.63) is 18.2 Å². The Balaban J connectivity index is 2.34. The van der Waals surface area contributed by atoms with Crippen molar-refractivity contribution >= 4 is 42.6 Å². The molecule has 1 heterocycles. The minimum atomic E-state index is -3.58. The number of benzene rings is 1. The number of anilines is 1. The highest BCUT2D eigenvalue weighted by Crippen LogP contribution is 2.29. The summed E-state index contributed by atoms with van der Waals surface area (Å²) in [6, 6.07) is 4.96. The van der Waals surface area contributed by atoms with Gasteiger partial charge < -0.3 is 5.32 Å². The third kappa shape index (κ3) is 5.73.